The SMILES string of the molecule is CCCC[CH]OCCC(F)(F)F. The van der Waals surface area contributed by atoms with Crippen molar-refractivity contribution in [3.8, 4) is 0 Å². The van der Waals surface area contributed by atoms with Crippen LogP contribution in [-0.4, -0.2) is 12.8 Å². The molecule has 0 aromatic carbocycles. The number of hydrogen-bond donors (Lipinski definition) is 0. The minimum absolute atomic E-state index is 0.257. The lowest BCUT2D eigenvalue weighted by Crippen LogP contribution is -2.10. The summed E-state index contributed by atoms with van der Waals surface area (Å²) in [6, 6.07) is 0. The molecule has 0 fully saturated rings. The maximum atomic E-state index is 11.5. The van der Waals surface area contributed by atoms with Gasteiger partial charge in [-0.1, -0.05) is 19.8 Å². The molecule has 1 radical (unpaired) electrons. The van der Waals surface area contributed by atoms with E-state index >= 15 is 0 Å². The van der Waals surface area contributed by atoms with Crippen molar-refractivity contribution in [3.05, 3.63) is 6.61 Å². The Morgan fingerprint density at radius 1 is 1.33 bits per heavy atom. The van der Waals surface area contributed by atoms with Crippen LogP contribution in [-0.2, 0) is 4.74 Å². The van der Waals surface area contributed by atoms with E-state index in [4.69, 9.17) is 0 Å². The predicted octanol–water partition coefficient (Wildman–Crippen LogP) is 3.31. The van der Waals surface area contributed by atoms with Crippen LogP contribution < -0.4 is 0 Å². The molecule has 0 aromatic rings. The molecule has 0 spiro atoms. The summed E-state index contributed by atoms with van der Waals surface area (Å²) in [7, 11) is 0. The molecule has 12 heavy (non-hydrogen) atoms. The van der Waals surface area contributed by atoms with Crippen LogP contribution in [0.3, 0.4) is 0 Å². The average molecular weight is 183 g/mol. The minimum atomic E-state index is -4.10. The molecular weight excluding hydrogens is 169 g/mol. The largest absolute Gasteiger partial charge is 0.391 e. The van der Waals surface area contributed by atoms with Crippen molar-refractivity contribution >= 4 is 0 Å². The molecule has 0 heterocycles. The van der Waals surface area contributed by atoms with Crippen LogP contribution in [0, 0.1) is 6.61 Å². The Labute approximate surface area is 70.9 Å². The second kappa shape index (κ2) is 6.29. The van der Waals surface area contributed by atoms with E-state index < -0.39 is 12.6 Å². The molecule has 0 amide bonds. The van der Waals surface area contributed by atoms with E-state index in [1.807, 2.05) is 6.92 Å². The molecule has 0 saturated heterocycles. The highest BCUT2D eigenvalue weighted by molar-refractivity contribution is 4.53. The monoisotopic (exact) mass is 183 g/mol. The van der Waals surface area contributed by atoms with Crippen LogP contribution in [0.25, 0.3) is 0 Å². The smallest absolute Gasteiger partial charge is 0.375 e. The molecule has 0 aliphatic rings. The van der Waals surface area contributed by atoms with Gasteiger partial charge in [-0.3, -0.25) is 0 Å². The van der Waals surface area contributed by atoms with Crippen LogP contribution in [0.2, 0.25) is 0 Å². The summed E-state index contributed by atoms with van der Waals surface area (Å²) >= 11 is 0. The van der Waals surface area contributed by atoms with Crippen molar-refractivity contribution < 1.29 is 17.9 Å². The van der Waals surface area contributed by atoms with E-state index in [0.717, 1.165) is 19.3 Å². The molecule has 0 aliphatic carbocycles. The molecule has 4 heteroatoms. The summed E-state index contributed by atoms with van der Waals surface area (Å²) in [6.45, 7) is 3.21. The quantitative estimate of drug-likeness (QED) is 0.574. The van der Waals surface area contributed by atoms with Crippen molar-refractivity contribution in [2.45, 2.75) is 38.8 Å². The van der Waals surface area contributed by atoms with Crippen LogP contribution in [0.1, 0.15) is 32.6 Å². The van der Waals surface area contributed by atoms with E-state index in [2.05, 4.69) is 4.74 Å². The summed E-state index contributed by atoms with van der Waals surface area (Å²) < 4.78 is 39.3. The standard InChI is InChI=1S/C8H14F3O/c1-2-3-4-6-12-7-5-8(9,10)11/h6H,2-5,7H2,1H3. The second-order valence-electron chi connectivity index (χ2n) is 2.54. The van der Waals surface area contributed by atoms with Crippen LogP contribution in [0.4, 0.5) is 13.2 Å². The van der Waals surface area contributed by atoms with Gasteiger partial charge in [0.2, 0.25) is 0 Å². The fraction of sp³-hybridized carbons (Fsp3) is 0.875. The number of rotatable bonds is 6. The molecule has 1 nitrogen and oxygen atoms in total. The first-order valence-corrected chi connectivity index (χ1v) is 4.06. The van der Waals surface area contributed by atoms with Crippen molar-refractivity contribution in [1.82, 2.24) is 0 Å². The summed E-state index contributed by atoms with van der Waals surface area (Å²) in [4.78, 5) is 0. The number of ether oxygens (including phenoxy) is 1. The van der Waals surface area contributed by atoms with Crippen molar-refractivity contribution in [1.29, 1.82) is 0 Å². The third kappa shape index (κ3) is 9.75. The highest BCUT2D eigenvalue weighted by Crippen LogP contribution is 2.19. The lowest BCUT2D eigenvalue weighted by Gasteiger charge is -2.05. The molecular formula is C8H14F3O. The minimum Gasteiger partial charge on any atom is -0.375 e. The van der Waals surface area contributed by atoms with Gasteiger partial charge in [-0.25, -0.2) is 0 Å². The van der Waals surface area contributed by atoms with Crippen molar-refractivity contribution in [2.75, 3.05) is 6.61 Å². The number of alkyl halides is 3. The highest BCUT2D eigenvalue weighted by atomic mass is 19.4. The van der Waals surface area contributed by atoms with E-state index in [9.17, 15) is 13.2 Å². The molecule has 73 valence electrons. The van der Waals surface area contributed by atoms with Gasteiger partial charge in [0, 0.05) is 0 Å². The molecule has 0 atom stereocenters. The molecule has 0 rings (SSSR count). The van der Waals surface area contributed by atoms with Gasteiger partial charge in [-0.15, -0.1) is 0 Å². The molecule has 0 aliphatic heterocycles. The van der Waals surface area contributed by atoms with Gasteiger partial charge >= 0.3 is 6.18 Å². The van der Waals surface area contributed by atoms with E-state index in [1.165, 1.54) is 6.61 Å². The Morgan fingerprint density at radius 2 is 2.00 bits per heavy atom. The van der Waals surface area contributed by atoms with Crippen molar-refractivity contribution in [3.63, 3.8) is 0 Å². The predicted molar refractivity (Wildman–Crippen MR) is 40.4 cm³/mol. The first-order valence-electron chi connectivity index (χ1n) is 4.06. The first-order chi connectivity index (χ1) is 5.56. The molecule has 0 aromatic heterocycles. The topological polar surface area (TPSA) is 9.23 Å². The van der Waals surface area contributed by atoms with Gasteiger partial charge in [0.05, 0.1) is 19.6 Å². The van der Waals surface area contributed by atoms with Gasteiger partial charge in [0.15, 0.2) is 0 Å². The third-order valence-corrected chi connectivity index (χ3v) is 1.30. The van der Waals surface area contributed by atoms with Gasteiger partial charge in [-0.05, 0) is 6.42 Å². The average Bonchev–Trinajstić information content (AvgIpc) is 1.94. The lowest BCUT2D eigenvalue weighted by atomic mass is 10.3. The number of hydrogen-bond acceptors (Lipinski definition) is 1. The van der Waals surface area contributed by atoms with Crippen LogP contribution >= 0.6 is 0 Å². The van der Waals surface area contributed by atoms with Crippen molar-refractivity contribution in [2.24, 2.45) is 0 Å². The summed E-state index contributed by atoms with van der Waals surface area (Å²) in [6.07, 6.45) is -2.24. The highest BCUT2D eigenvalue weighted by Gasteiger charge is 2.26. The second-order valence-corrected chi connectivity index (χ2v) is 2.54. The zero-order valence-electron chi connectivity index (χ0n) is 7.16. The Bertz CT molecular complexity index is 101. The van der Waals surface area contributed by atoms with Crippen LogP contribution in [0.15, 0.2) is 0 Å². The third-order valence-electron chi connectivity index (χ3n) is 1.30. The Balaban J connectivity index is 3.01. The number of halogens is 3. The van der Waals surface area contributed by atoms with E-state index in [-0.39, 0.29) is 6.61 Å². The Hall–Kier alpha value is -0.250. The summed E-state index contributed by atoms with van der Waals surface area (Å²) in [5.41, 5.74) is 0. The zero-order chi connectivity index (χ0) is 9.45. The lowest BCUT2D eigenvalue weighted by molar-refractivity contribution is -0.143. The van der Waals surface area contributed by atoms with Crippen LogP contribution in [0.5, 0.6) is 0 Å². The molecule has 0 saturated carbocycles. The molecule has 0 unspecified atom stereocenters. The summed E-state index contributed by atoms with van der Waals surface area (Å²) in [5, 5.41) is 0. The first kappa shape index (κ1) is 11.8. The van der Waals surface area contributed by atoms with Gasteiger partial charge < -0.3 is 4.74 Å². The van der Waals surface area contributed by atoms with Gasteiger partial charge in [0.25, 0.3) is 0 Å². The van der Waals surface area contributed by atoms with E-state index in [1.54, 1.807) is 0 Å². The summed E-state index contributed by atoms with van der Waals surface area (Å²) in [5.74, 6) is 0. The fourth-order valence-electron chi connectivity index (χ4n) is 0.629. The molecule has 0 N–H and O–H groups in total. The maximum Gasteiger partial charge on any atom is 0.391 e. The number of unbranched alkanes of at least 4 members (excludes halogenated alkanes) is 2. The Kier molecular flexibility index (Phi) is 6.16. The normalized spacial score (nSPS) is 12.0. The van der Waals surface area contributed by atoms with Gasteiger partial charge in [-0.2, -0.15) is 13.2 Å². The Morgan fingerprint density at radius 3 is 2.50 bits per heavy atom. The molecule has 0 bridgehead atoms. The zero-order valence-corrected chi connectivity index (χ0v) is 7.16. The van der Waals surface area contributed by atoms with E-state index in [0.29, 0.717) is 0 Å². The fourth-order valence-corrected chi connectivity index (χ4v) is 0.629. The maximum absolute atomic E-state index is 11.5. The van der Waals surface area contributed by atoms with Gasteiger partial charge in [0.1, 0.15) is 0 Å².